The highest BCUT2D eigenvalue weighted by Gasteiger charge is 2.53. The summed E-state index contributed by atoms with van der Waals surface area (Å²) in [5.41, 5.74) is 0. The first-order valence-electron chi connectivity index (χ1n) is 4.33. The quantitative estimate of drug-likeness (QED) is 0.539. The van der Waals surface area contributed by atoms with E-state index in [9.17, 15) is 0 Å². The fraction of sp³-hybridized carbons (Fsp3) is 1.00. The summed E-state index contributed by atoms with van der Waals surface area (Å²) in [5, 5.41) is 11.7. The van der Waals surface area contributed by atoms with Crippen LogP contribution in [0, 0.1) is 17.8 Å². The Balaban J connectivity index is 1.60. The normalized spacial score (nSPS) is 40.6. The minimum absolute atomic E-state index is 0.249. The number of rotatable bonds is 4. The van der Waals surface area contributed by atoms with E-state index in [1.807, 2.05) is 0 Å². The van der Waals surface area contributed by atoms with Crippen molar-refractivity contribution in [2.75, 3.05) is 32.9 Å². The molecule has 3 heteroatoms. The summed E-state index contributed by atoms with van der Waals surface area (Å²) in [6, 6.07) is 0. The first kappa shape index (κ1) is 7.53. The largest absolute Gasteiger partial charge is 0.395 e. The molecule has 1 aliphatic heterocycles. The maximum absolute atomic E-state index is 8.52. The van der Waals surface area contributed by atoms with Crippen molar-refractivity contribution in [1.82, 2.24) is 5.32 Å². The number of hydrogen-bond donors (Lipinski definition) is 2. The zero-order valence-corrected chi connectivity index (χ0v) is 6.62. The predicted molar refractivity (Wildman–Crippen MR) is 41.2 cm³/mol. The lowest BCUT2D eigenvalue weighted by atomic mass is 10.3. The molecule has 0 aromatic carbocycles. The van der Waals surface area contributed by atoms with E-state index in [0.717, 1.165) is 44.1 Å². The Morgan fingerprint density at radius 3 is 2.73 bits per heavy atom. The van der Waals surface area contributed by atoms with E-state index in [2.05, 4.69) is 5.32 Å². The van der Waals surface area contributed by atoms with Crippen molar-refractivity contribution >= 4 is 0 Å². The standard InChI is InChI=1S/C8H15NO2/c10-2-1-9-3-6-7-4-11-5-8(6)7/h6-10H,1-5H2. The lowest BCUT2D eigenvalue weighted by molar-refractivity contribution is 0.150. The topological polar surface area (TPSA) is 41.5 Å². The van der Waals surface area contributed by atoms with Crippen molar-refractivity contribution in [3.63, 3.8) is 0 Å². The molecule has 0 spiro atoms. The van der Waals surface area contributed by atoms with Crippen LogP contribution < -0.4 is 5.32 Å². The Bertz CT molecular complexity index is 130. The average molecular weight is 157 g/mol. The first-order chi connectivity index (χ1) is 5.43. The van der Waals surface area contributed by atoms with Gasteiger partial charge in [-0.25, -0.2) is 0 Å². The molecule has 2 unspecified atom stereocenters. The van der Waals surface area contributed by atoms with Crippen LogP contribution in [0.15, 0.2) is 0 Å². The van der Waals surface area contributed by atoms with Crippen LogP contribution in [0.4, 0.5) is 0 Å². The van der Waals surface area contributed by atoms with E-state index in [0.29, 0.717) is 0 Å². The number of ether oxygens (including phenoxy) is 1. The summed E-state index contributed by atoms with van der Waals surface area (Å²) in [5.74, 6) is 2.51. The van der Waals surface area contributed by atoms with Crippen LogP contribution in [0.1, 0.15) is 0 Å². The van der Waals surface area contributed by atoms with Crippen molar-refractivity contribution in [1.29, 1.82) is 0 Å². The van der Waals surface area contributed by atoms with Gasteiger partial charge in [-0.2, -0.15) is 0 Å². The van der Waals surface area contributed by atoms with E-state index in [4.69, 9.17) is 9.84 Å². The van der Waals surface area contributed by atoms with Crippen LogP contribution in [0.2, 0.25) is 0 Å². The van der Waals surface area contributed by atoms with Gasteiger partial charge in [0.25, 0.3) is 0 Å². The maximum Gasteiger partial charge on any atom is 0.0555 e. The number of hydrogen-bond acceptors (Lipinski definition) is 3. The summed E-state index contributed by atoms with van der Waals surface area (Å²) >= 11 is 0. The van der Waals surface area contributed by atoms with Crippen LogP contribution >= 0.6 is 0 Å². The van der Waals surface area contributed by atoms with Gasteiger partial charge in [0.05, 0.1) is 19.8 Å². The van der Waals surface area contributed by atoms with Gasteiger partial charge in [0.15, 0.2) is 0 Å². The van der Waals surface area contributed by atoms with Crippen molar-refractivity contribution in [2.45, 2.75) is 0 Å². The lowest BCUT2D eigenvalue weighted by Crippen LogP contribution is -2.22. The van der Waals surface area contributed by atoms with Gasteiger partial charge in [-0.15, -0.1) is 0 Å². The molecule has 2 atom stereocenters. The van der Waals surface area contributed by atoms with Gasteiger partial charge in [-0.3, -0.25) is 0 Å². The highest BCUT2D eigenvalue weighted by atomic mass is 16.5. The number of aliphatic hydroxyl groups is 1. The number of aliphatic hydroxyl groups excluding tert-OH is 1. The molecule has 0 aromatic rings. The average Bonchev–Trinajstić information content (AvgIpc) is 2.46. The molecule has 0 bridgehead atoms. The van der Waals surface area contributed by atoms with Gasteiger partial charge >= 0.3 is 0 Å². The number of fused-ring (bicyclic) bond motifs is 1. The summed E-state index contributed by atoms with van der Waals surface area (Å²) in [6.45, 7) is 3.99. The van der Waals surface area contributed by atoms with E-state index in [-0.39, 0.29) is 6.61 Å². The van der Waals surface area contributed by atoms with E-state index < -0.39 is 0 Å². The summed E-state index contributed by atoms with van der Waals surface area (Å²) in [4.78, 5) is 0. The molecule has 0 aromatic heterocycles. The predicted octanol–water partition coefficient (Wildman–Crippen LogP) is -0.539. The van der Waals surface area contributed by atoms with E-state index >= 15 is 0 Å². The molecule has 2 rings (SSSR count). The zero-order chi connectivity index (χ0) is 7.68. The maximum atomic E-state index is 8.52. The van der Waals surface area contributed by atoms with Crippen LogP contribution in [0.5, 0.6) is 0 Å². The monoisotopic (exact) mass is 157 g/mol. The highest BCUT2D eigenvalue weighted by Crippen LogP contribution is 2.50. The van der Waals surface area contributed by atoms with Crippen LogP contribution in [-0.2, 0) is 4.74 Å². The van der Waals surface area contributed by atoms with Crippen molar-refractivity contribution in [3.8, 4) is 0 Å². The SMILES string of the molecule is OCCNCC1C2COCC12. The minimum Gasteiger partial charge on any atom is -0.395 e. The molecule has 1 heterocycles. The number of nitrogens with one attached hydrogen (secondary N) is 1. The zero-order valence-electron chi connectivity index (χ0n) is 6.62. The molecular weight excluding hydrogens is 142 g/mol. The van der Waals surface area contributed by atoms with Gasteiger partial charge in [0.1, 0.15) is 0 Å². The minimum atomic E-state index is 0.249. The van der Waals surface area contributed by atoms with E-state index in [1.165, 1.54) is 0 Å². The fourth-order valence-electron chi connectivity index (χ4n) is 2.01. The molecular formula is C8H15NO2. The molecule has 1 saturated carbocycles. The van der Waals surface area contributed by atoms with Crippen molar-refractivity contribution < 1.29 is 9.84 Å². The van der Waals surface area contributed by atoms with Crippen molar-refractivity contribution in [2.24, 2.45) is 17.8 Å². The Morgan fingerprint density at radius 1 is 1.36 bits per heavy atom. The molecule has 2 aliphatic rings. The van der Waals surface area contributed by atoms with Gasteiger partial charge in [0.2, 0.25) is 0 Å². The van der Waals surface area contributed by atoms with Crippen LogP contribution in [0.25, 0.3) is 0 Å². The molecule has 1 aliphatic carbocycles. The van der Waals surface area contributed by atoms with E-state index in [1.54, 1.807) is 0 Å². The molecule has 1 saturated heterocycles. The Morgan fingerprint density at radius 2 is 2.09 bits per heavy atom. The van der Waals surface area contributed by atoms with Gasteiger partial charge < -0.3 is 15.2 Å². The summed E-state index contributed by atoms with van der Waals surface area (Å²) in [6.07, 6.45) is 0. The second-order valence-electron chi connectivity index (χ2n) is 3.46. The lowest BCUT2D eigenvalue weighted by Gasteiger charge is -2.04. The third-order valence-electron chi connectivity index (χ3n) is 2.80. The molecule has 2 N–H and O–H groups in total. The molecule has 3 nitrogen and oxygen atoms in total. The van der Waals surface area contributed by atoms with Gasteiger partial charge in [-0.1, -0.05) is 0 Å². The fourth-order valence-corrected chi connectivity index (χ4v) is 2.01. The highest BCUT2D eigenvalue weighted by molar-refractivity contribution is 5.01. The summed E-state index contributed by atoms with van der Waals surface area (Å²) < 4.78 is 5.27. The second kappa shape index (κ2) is 3.09. The van der Waals surface area contributed by atoms with Crippen LogP contribution in [0.3, 0.4) is 0 Å². The molecule has 11 heavy (non-hydrogen) atoms. The third kappa shape index (κ3) is 1.41. The molecule has 0 radical (unpaired) electrons. The van der Waals surface area contributed by atoms with Crippen molar-refractivity contribution in [3.05, 3.63) is 0 Å². The summed E-state index contributed by atoms with van der Waals surface area (Å²) in [7, 11) is 0. The second-order valence-corrected chi connectivity index (χ2v) is 3.46. The first-order valence-corrected chi connectivity index (χ1v) is 4.33. The molecule has 2 fully saturated rings. The molecule has 0 amide bonds. The third-order valence-corrected chi connectivity index (χ3v) is 2.80. The van der Waals surface area contributed by atoms with Gasteiger partial charge in [-0.05, 0) is 24.3 Å². The Hall–Kier alpha value is -0.120. The van der Waals surface area contributed by atoms with Crippen LogP contribution in [-0.4, -0.2) is 38.0 Å². The van der Waals surface area contributed by atoms with Gasteiger partial charge in [0, 0.05) is 6.54 Å². The smallest absolute Gasteiger partial charge is 0.0555 e. The Kier molecular flexibility index (Phi) is 2.11. The Labute approximate surface area is 66.7 Å². The molecule has 64 valence electrons.